The molecular formula is C17H18BrF2N. The van der Waals surface area contributed by atoms with Crippen molar-refractivity contribution in [3.05, 3.63) is 69.2 Å². The highest BCUT2D eigenvalue weighted by atomic mass is 79.9. The lowest BCUT2D eigenvalue weighted by atomic mass is 9.96. The van der Waals surface area contributed by atoms with Gasteiger partial charge in [0.1, 0.15) is 11.6 Å². The quantitative estimate of drug-likeness (QED) is 0.803. The van der Waals surface area contributed by atoms with Gasteiger partial charge in [-0.25, -0.2) is 8.78 Å². The monoisotopic (exact) mass is 353 g/mol. The van der Waals surface area contributed by atoms with Crippen LogP contribution in [0.4, 0.5) is 8.78 Å². The van der Waals surface area contributed by atoms with E-state index in [1.165, 1.54) is 12.1 Å². The van der Waals surface area contributed by atoms with E-state index in [0.717, 1.165) is 23.2 Å². The third kappa shape index (κ3) is 4.11. The molecule has 0 aromatic heterocycles. The maximum absolute atomic E-state index is 13.7. The summed E-state index contributed by atoms with van der Waals surface area (Å²) in [5, 5.41) is 3.34. The van der Waals surface area contributed by atoms with Crippen LogP contribution in [-0.4, -0.2) is 6.54 Å². The Labute approximate surface area is 132 Å². The van der Waals surface area contributed by atoms with E-state index in [9.17, 15) is 8.78 Å². The Kier molecular flexibility index (Phi) is 5.48. The van der Waals surface area contributed by atoms with E-state index in [0.29, 0.717) is 10.9 Å². The predicted octanol–water partition coefficient (Wildman–Crippen LogP) is 4.93. The molecule has 2 aromatic rings. The molecule has 2 aromatic carbocycles. The van der Waals surface area contributed by atoms with Gasteiger partial charge in [-0.2, -0.15) is 0 Å². The molecule has 0 fully saturated rings. The van der Waals surface area contributed by atoms with Crippen molar-refractivity contribution < 1.29 is 8.78 Å². The van der Waals surface area contributed by atoms with Crippen molar-refractivity contribution in [2.45, 2.75) is 26.3 Å². The minimum Gasteiger partial charge on any atom is -0.310 e. The Bertz CT molecular complexity index is 628. The molecule has 0 saturated carbocycles. The normalized spacial score (nSPS) is 12.4. The second-order valence-corrected chi connectivity index (χ2v) is 5.91. The molecule has 0 aliphatic heterocycles. The van der Waals surface area contributed by atoms with Crippen LogP contribution in [0.25, 0.3) is 0 Å². The van der Waals surface area contributed by atoms with Crippen LogP contribution in [0.3, 0.4) is 0 Å². The zero-order valence-electron chi connectivity index (χ0n) is 12.1. The lowest BCUT2D eigenvalue weighted by molar-refractivity contribution is 0.538. The fourth-order valence-corrected chi connectivity index (χ4v) is 2.61. The predicted molar refractivity (Wildman–Crippen MR) is 85.4 cm³/mol. The van der Waals surface area contributed by atoms with Crippen LogP contribution in [0, 0.1) is 18.6 Å². The summed E-state index contributed by atoms with van der Waals surface area (Å²) < 4.78 is 27.6. The summed E-state index contributed by atoms with van der Waals surface area (Å²) >= 11 is 3.16. The van der Waals surface area contributed by atoms with Crippen molar-refractivity contribution in [3.63, 3.8) is 0 Å². The van der Waals surface area contributed by atoms with Crippen molar-refractivity contribution in [2.75, 3.05) is 6.54 Å². The van der Waals surface area contributed by atoms with Crippen LogP contribution < -0.4 is 5.32 Å². The standard InChI is InChI=1S/C17H18BrF2N/c1-3-21-17(12-5-7-15(18)16(20)9-12)10-13-8-14(19)6-4-11(13)2/h4-9,17,21H,3,10H2,1-2H3. The molecule has 1 unspecified atom stereocenters. The van der Waals surface area contributed by atoms with Gasteiger partial charge in [-0.1, -0.05) is 19.1 Å². The molecule has 0 radical (unpaired) electrons. The zero-order chi connectivity index (χ0) is 15.4. The average Bonchev–Trinajstić information content (AvgIpc) is 2.45. The van der Waals surface area contributed by atoms with Crippen LogP contribution in [0.1, 0.15) is 29.7 Å². The van der Waals surface area contributed by atoms with Gasteiger partial charge in [0.2, 0.25) is 0 Å². The average molecular weight is 354 g/mol. The van der Waals surface area contributed by atoms with Gasteiger partial charge in [-0.05, 0) is 76.8 Å². The van der Waals surface area contributed by atoms with Crippen LogP contribution >= 0.6 is 15.9 Å². The Balaban J connectivity index is 2.30. The summed E-state index contributed by atoms with van der Waals surface area (Å²) in [6.45, 7) is 4.72. The van der Waals surface area contributed by atoms with Crippen molar-refractivity contribution in [3.8, 4) is 0 Å². The first-order chi connectivity index (χ1) is 10.0. The molecule has 0 spiro atoms. The topological polar surface area (TPSA) is 12.0 Å². The second kappa shape index (κ2) is 7.14. The zero-order valence-corrected chi connectivity index (χ0v) is 13.7. The second-order valence-electron chi connectivity index (χ2n) is 5.06. The number of nitrogens with one attached hydrogen (secondary N) is 1. The summed E-state index contributed by atoms with van der Waals surface area (Å²) in [6.07, 6.45) is 0.624. The van der Waals surface area contributed by atoms with Crippen LogP contribution in [0.2, 0.25) is 0 Å². The molecule has 2 rings (SSSR count). The lowest BCUT2D eigenvalue weighted by Gasteiger charge is -2.20. The Hall–Kier alpha value is -1.26. The largest absolute Gasteiger partial charge is 0.310 e. The van der Waals surface area contributed by atoms with Gasteiger partial charge in [0, 0.05) is 6.04 Å². The number of hydrogen-bond acceptors (Lipinski definition) is 1. The fraction of sp³-hybridized carbons (Fsp3) is 0.294. The van der Waals surface area contributed by atoms with Crippen molar-refractivity contribution in [1.29, 1.82) is 0 Å². The Morgan fingerprint density at radius 2 is 1.90 bits per heavy atom. The van der Waals surface area contributed by atoms with Crippen LogP contribution in [0.15, 0.2) is 40.9 Å². The van der Waals surface area contributed by atoms with E-state index < -0.39 is 0 Å². The molecule has 21 heavy (non-hydrogen) atoms. The number of hydrogen-bond donors (Lipinski definition) is 1. The lowest BCUT2D eigenvalue weighted by Crippen LogP contribution is -2.23. The minimum atomic E-state index is -0.286. The third-order valence-corrected chi connectivity index (χ3v) is 4.17. The summed E-state index contributed by atoms with van der Waals surface area (Å²) in [5.41, 5.74) is 2.84. The SMILES string of the molecule is CCNC(Cc1cc(F)ccc1C)c1ccc(Br)c(F)c1. The van der Waals surface area contributed by atoms with E-state index in [4.69, 9.17) is 0 Å². The first-order valence-electron chi connectivity index (χ1n) is 6.94. The van der Waals surface area contributed by atoms with Gasteiger partial charge in [0.05, 0.1) is 4.47 Å². The number of aryl methyl sites for hydroxylation is 1. The number of rotatable bonds is 5. The Morgan fingerprint density at radius 1 is 1.14 bits per heavy atom. The maximum Gasteiger partial charge on any atom is 0.137 e. The smallest absolute Gasteiger partial charge is 0.137 e. The molecular weight excluding hydrogens is 336 g/mol. The van der Waals surface area contributed by atoms with Gasteiger partial charge >= 0.3 is 0 Å². The molecule has 0 aliphatic carbocycles. The third-order valence-electron chi connectivity index (χ3n) is 3.53. The van der Waals surface area contributed by atoms with Gasteiger partial charge in [-0.15, -0.1) is 0 Å². The summed E-state index contributed by atoms with van der Waals surface area (Å²) in [7, 11) is 0. The van der Waals surface area contributed by atoms with Gasteiger partial charge < -0.3 is 5.32 Å². The van der Waals surface area contributed by atoms with Gasteiger partial charge in [-0.3, -0.25) is 0 Å². The molecule has 1 nitrogen and oxygen atoms in total. The van der Waals surface area contributed by atoms with E-state index >= 15 is 0 Å². The van der Waals surface area contributed by atoms with Gasteiger partial charge in [0.25, 0.3) is 0 Å². The summed E-state index contributed by atoms with van der Waals surface area (Å²) in [4.78, 5) is 0. The number of halogens is 3. The molecule has 1 atom stereocenters. The first kappa shape index (κ1) is 16.1. The number of benzene rings is 2. The summed E-state index contributed by atoms with van der Waals surface area (Å²) in [6, 6.07) is 9.85. The molecule has 0 heterocycles. The Morgan fingerprint density at radius 3 is 2.57 bits per heavy atom. The van der Waals surface area contributed by atoms with E-state index in [1.807, 2.05) is 19.9 Å². The molecule has 0 aliphatic rings. The molecule has 0 bridgehead atoms. The van der Waals surface area contributed by atoms with E-state index in [2.05, 4.69) is 21.2 Å². The molecule has 0 saturated heterocycles. The van der Waals surface area contributed by atoms with Crippen molar-refractivity contribution in [2.24, 2.45) is 0 Å². The maximum atomic E-state index is 13.7. The number of likely N-dealkylation sites (N-methyl/N-ethyl adjacent to an activating group) is 1. The minimum absolute atomic E-state index is 0.0434. The van der Waals surface area contributed by atoms with Crippen molar-refractivity contribution >= 4 is 15.9 Å². The fourth-order valence-electron chi connectivity index (χ4n) is 2.36. The first-order valence-corrected chi connectivity index (χ1v) is 7.74. The van der Waals surface area contributed by atoms with Gasteiger partial charge in [0.15, 0.2) is 0 Å². The highest BCUT2D eigenvalue weighted by Crippen LogP contribution is 2.25. The summed E-state index contributed by atoms with van der Waals surface area (Å²) in [5.74, 6) is -0.529. The van der Waals surface area contributed by atoms with E-state index in [1.54, 1.807) is 18.2 Å². The molecule has 112 valence electrons. The highest BCUT2D eigenvalue weighted by molar-refractivity contribution is 9.10. The molecule has 0 amide bonds. The van der Waals surface area contributed by atoms with E-state index in [-0.39, 0.29) is 17.7 Å². The molecule has 1 N–H and O–H groups in total. The highest BCUT2D eigenvalue weighted by Gasteiger charge is 2.14. The van der Waals surface area contributed by atoms with Crippen LogP contribution in [0.5, 0.6) is 0 Å². The van der Waals surface area contributed by atoms with Crippen LogP contribution in [-0.2, 0) is 6.42 Å². The molecule has 4 heteroatoms. The van der Waals surface area contributed by atoms with Crippen molar-refractivity contribution in [1.82, 2.24) is 5.32 Å².